The second-order valence-corrected chi connectivity index (χ2v) is 3.79. The van der Waals surface area contributed by atoms with Crippen molar-refractivity contribution >= 4 is 0 Å². The summed E-state index contributed by atoms with van der Waals surface area (Å²) in [4.78, 5) is 0. The molecule has 0 fully saturated rings. The van der Waals surface area contributed by atoms with Crippen molar-refractivity contribution in [3.8, 4) is 0 Å². The lowest BCUT2D eigenvalue weighted by Crippen LogP contribution is -2.18. The lowest BCUT2D eigenvalue weighted by molar-refractivity contribution is 0.0428. The molecular formula is C11H20N2O2. The third kappa shape index (κ3) is 3.04. The summed E-state index contributed by atoms with van der Waals surface area (Å²) < 4.78 is 7.02. The highest BCUT2D eigenvalue weighted by Crippen LogP contribution is 2.14. The van der Waals surface area contributed by atoms with Crippen LogP contribution in [0.5, 0.6) is 0 Å². The van der Waals surface area contributed by atoms with E-state index in [0.717, 1.165) is 17.0 Å². The largest absolute Gasteiger partial charge is 0.390 e. The van der Waals surface area contributed by atoms with E-state index in [-0.39, 0.29) is 0 Å². The molecule has 0 aliphatic rings. The fraction of sp³-hybridized carbons (Fsp3) is 0.727. The lowest BCUT2D eigenvalue weighted by atomic mass is 10.1. The van der Waals surface area contributed by atoms with E-state index in [0.29, 0.717) is 19.6 Å². The number of hydrogen-bond acceptors (Lipinski definition) is 3. The van der Waals surface area contributed by atoms with Gasteiger partial charge in [-0.05, 0) is 26.3 Å². The molecule has 86 valence electrons. The molecule has 0 radical (unpaired) electrons. The van der Waals surface area contributed by atoms with Crippen molar-refractivity contribution in [2.24, 2.45) is 7.05 Å². The second kappa shape index (κ2) is 5.28. The van der Waals surface area contributed by atoms with Crippen LogP contribution in [0.4, 0.5) is 0 Å². The first-order chi connectivity index (χ1) is 7.06. The van der Waals surface area contributed by atoms with Gasteiger partial charge >= 0.3 is 0 Å². The van der Waals surface area contributed by atoms with E-state index in [2.05, 4.69) is 5.10 Å². The fourth-order valence-electron chi connectivity index (χ4n) is 1.66. The molecule has 4 heteroatoms. The Morgan fingerprint density at radius 1 is 1.47 bits per heavy atom. The Hall–Kier alpha value is -0.870. The van der Waals surface area contributed by atoms with Gasteiger partial charge < -0.3 is 9.84 Å². The van der Waals surface area contributed by atoms with Crippen LogP contribution < -0.4 is 0 Å². The van der Waals surface area contributed by atoms with Gasteiger partial charge in [0.2, 0.25) is 0 Å². The van der Waals surface area contributed by atoms with Crippen LogP contribution in [-0.2, 0) is 18.2 Å². The van der Waals surface area contributed by atoms with Gasteiger partial charge in [0.25, 0.3) is 0 Å². The minimum atomic E-state index is -0.438. The topological polar surface area (TPSA) is 47.3 Å². The van der Waals surface area contributed by atoms with Crippen molar-refractivity contribution < 1.29 is 9.84 Å². The second-order valence-electron chi connectivity index (χ2n) is 3.79. The smallest absolute Gasteiger partial charge is 0.0815 e. The molecule has 1 aromatic heterocycles. The maximum absolute atomic E-state index is 9.73. The molecule has 0 spiro atoms. The summed E-state index contributed by atoms with van der Waals surface area (Å²) >= 11 is 0. The Morgan fingerprint density at radius 3 is 2.60 bits per heavy atom. The van der Waals surface area contributed by atoms with E-state index < -0.39 is 6.10 Å². The number of hydrogen-bond donors (Lipinski definition) is 1. The Morgan fingerprint density at radius 2 is 2.13 bits per heavy atom. The predicted octanol–water partition coefficient (Wildman–Crippen LogP) is 0.977. The number of ether oxygens (including phenoxy) is 1. The highest BCUT2D eigenvalue weighted by atomic mass is 16.5. The first-order valence-electron chi connectivity index (χ1n) is 5.31. The zero-order valence-electron chi connectivity index (χ0n) is 9.95. The molecule has 1 heterocycles. The molecule has 0 amide bonds. The molecule has 0 aliphatic heterocycles. The standard InChI is InChI=1S/C11H20N2O2/c1-5-15-7-10(14)6-11-8(2)12-13(4)9(11)3/h10,14H,5-7H2,1-4H3. The molecule has 0 saturated heterocycles. The van der Waals surface area contributed by atoms with Crippen LogP contribution in [0.2, 0.25) is 0 Å². The monoisotopic (exact) mass is 212 g/mol. The number of aryl methyl sites for hydroxylation is 2. The molecule has 1 atom stereocenters. The maximum Gasteiger partial charge on any atom is 0.0815 e. The summed E-state index contributed by atoms with van der Waals surface area (Å²) in [7, 11) is 1.92. The first-order valence-corrected chi connectivity index (χ1v) is 5.31. The van der Waals surface area contributed by atoms with E-state index in [1.165, 1.54) is 0 Å². The maximum atomic E-state index is 9.73. The van der Waals surface area contributed by atoms with Gasteiger partial charge in [-0.2, -0.15) is 5.10 Å². The normalized spacial score (nSPS) is 13.1. The van der Waals surface area contributed by atoms with Crippen LogP contribution in [0.25, 0.3) is 0 Å². The van der Waals surface area contributed by atoms with Gasteiger partial charge in [0, 0.05) is 25.8 Å². The SMILES string of the molecule is CCOCC(O)Cc1c(C)nn(C)c1C. The Kier molecular flexibility index (Phi) is 4.29. The minimum Gasteiger partial charge on any atom is -0.390 e. The number of aliphatic hydroxyl groups excluding tert-OH is 1. The highest BCUT2D eigenvalue weighted by molar-refractivity contribution is 5.24. The van der Waals surface area contributed by atoms with Gasteiger partial charge in [0.05, 0.1) is 18.4 Å². The molecule has 4 nitrogen and oxygen atoms in total. The number of aromatic nitrogens is 2. The van der Waals surface area contributed by atoms with E-state index in [9.17, 15) is 5.11 Å². The van der Waals surface area contributed by atoms with Gasteiger partial charge in [0.15, 0.2) is 0 Å². The molecule has 1 rings (SSSR count). The summed E-state index contributed by atoms with van der Waals surface area (Å²) in [6.07, 6.45) is 0.178. The molecule has 15 heavy (non-hydrogen) atoms. The Bertz CT molecular complexity index is 321. The van der Waals surface area contributed by atoms with Crippen molar-refractivity contribution in [2.45, 2.75) is 33.3 Å². The Labute approximate surface area is 90.9 Å². The number of aliphatic hydroxyl groups is 1. The van der Waals surface area contributed by atoms with Crippen molar-refractivity contribution in [1.29, 1.82) is 0 Å². The quantitative estimate of drug-likeness (QED) is 0.791. The summed E-state index contributed by atoms with van der Waals surface area (Å²) in [5, 5.41) is 14.0. The van der Waals surface area contributed by atoms with E-state index in [1.807, 2.05) is 32.5 Å². The number of rotatable bonds is 5. The molecule has 0 aliphatic carbocycles. The molecule has 0 saturated carbocycles. The van der Waals surface area contributed by atoms with Gasteiger partial charge in [0.1, 0.15) is 0 Å². The van der Waals surface area contributed by atoms with Crippen LogP contribution in [0.1, 0.15) is 23.9 Å². The van der Waals surface area contributed by atoms with Gasteiger partial charge in [-0.25, -0.2) is 0 Å². The van der Waals surface area contributed by atoms with Crippen molar-refractivity contribution in [3.63, 3.8) is 0 Å². The van der Waals surface area contributed by atoms with Crippen LogP contribution in [0.15, 0.2) is 0 Å². The average molecular weight is 212 g/mol. The predicted molar refractivity (Wildman–Crippen MR) is 58.9 cm³/mol. The molecule has 0 bridgehead atoms. The van der Waals surface area contributed by atoms with Gasteiger partial charge in [-0.1, -0.05) is 0 Å². The minimum absolute atomic E-state index is 0.393. The van der Waals surface area contributed by atoms with Crippen molar-refractivity contribution in [2.75, 3.05) is 13.2 Å². The van der Waals surface area contributed by atoms with Crippen molar-refractivity contribution in [1.82, 2.24) is 9.78 Å². The summed E-state index contributed by atoms with van der Waals surface area (Å²) in [6.45, 7) is 6.94. The highest BCUT2D eigenvalue weighted by Gasteiger charge is 2.13. The van der Waals surface area contributed by atoms with Crippen LogP contribution in [0, 0.1) is 13.8 Å². The van der Waals surface area contributed by atoms with Crippen molar-refractivity contribution in [3.05, 3.63) is 17.0 Å². The van der Waals surface area contributed by atoms with E-state index in [4.69, 9.17) is 4.74 Å². The molecule has 1 N–H and O–H groups in total. The number of nitrogens with zero attached hydrogens (tertiary/aromatic N) is 2. The van der Waals surface area contributed by atoms with Gasteiger partial charge in [-0.15, -0.1) is 0 Å². The molecule has 1 unspecified atom stereocenters. The first kappa shape index (κ1) is 12.2. The third-order valence-corrected chi connectivity index (χ3v) is 2.61. The summed E-state index contributed by atoms with van der Waals surface area (Å²) in [5.41, 5.74) is 3.23. The lowest BCUT2D eigenvalue weighted by Gasteiger charge is -2.10. The molecule has 1 aromatic rings. The van der Waals surface area contributed by atoms with Crippen LogP contribution >= 0.6 is 0 Å². The fourth-order valence-corrected chi connectivity index (χ4v) is 1.66. The average Bonchev–Trinajstić information content (AvgIpc) is 2.42. The zero-order chi connectivity index (χ0) is 11.4. The van der Waals surface area contributed by atoms with E-state index >= 15 is 0 Å². The Balaban J connectivity index is 2.63. The van der Waals surface area contributed by atoms with Gasteiger partial charge in [-0.3, -0.25) is 4.68 Å². The van der Waals surface area contributed by atoms with Crippen LogP contribution in [-0.4, -0.2) is 34.2 Å². The van der Waals surface area contributed by atoms with E-state index in [1.54, 1.807) is 0 Å². The summed E-state index contributed by atoms with van der Waals surface area (Å²) in [6, 6.07) is 0. The third-order valence-electron chi connectivity index (χ3n) is 2.61. The van der Waals surface area contributed by atoms with Crippen LogP contribution in [0.3, 0.4) is 0 Å². The zero-order valence-corrected chi connectivity index (χ0v) is 9.95. The molecule has 0 aromatic carbocycles. The molecular weight excluding hydrogens is 192 g/mol. The summed E-state index contributed by atoms with van der Waals surface area (Å²) in [5.74, 6) is 0.